The van der Waals surface area contributed by atoms with Crippen molar-refractivity contribution in [1.29, 1.82) is 0 Å². The Morgan fingerprint density at radius 1 is 1.00 bits per heavy atom. The molecule has 0 spiro atoms. The van der Waals surface area contributed by atoms with Crippen molar-refractivity contribution in [1.82, 2.24) is 20.5 Å². The molecule has 0 saturated heterocycles. The zero-order valence-electron chi connectivity index (χ0n) is 21.4. The van der Waals surface area contributed by atoms with Gasteiger partial charge < -0.3 is 5.32 Å². The molecule has 0 saturated carbocycles. The molecule has 196 valence electrons. The van der Waals surface area contributed by atoms with E-state index in [-0.39, 0.29) is 5.57 Å². The maximum atomic E-state index is 13.9. The lowest BCUT2D eigenvalue weighted by atomic mass is 9.88. The normalized spacial score (nSPS) is 12.7. The summed E-state index contributed by atoms with van der Waals surface area (Å²) in [7, 11) is 0. The van der Waals surface area contributed by atoms with E-state index in [0.29, 0.717) is 22.3 Å². The smallest absolute Gasteiger partial charge is 0.313 e. The molecule has 7 heteroatoms. The minimum atomic E-state index is -4.38. The Hall–Kier alpha value is -3.97. The predicted octanol–water partition coefficient (Wildman–Crippen LogP) is 7.52. The van der Waals surface area contributed by atoms with Gasteiger partial charge in [-0.3, -0.25) is 10.1 Å². The summed E-state index contributed by atoms with van der Waals surface area (Å²) in [5.41, 5.74) is 5.32. The highest BCUT2D eigenvalue weighted by atomic mass is 19.4. The van der Waals surface area contributed by atoms with Crippen LogP contribution in [-0.4, -0.2) is 34.4 Å². The first kappa shape index (κ1) is 27.1. The second-order valence-corrected chi connectivity index (χ2v) is 9.28. The van der Waals surface area contributed by atoms with Crippen molar-refractivity contribution < 1.29 is 13.2 Å². The largest absolute Gasteiger partial charge is 0.393 e. The molecule has 4 nitrogen and oxygen atoms in total. The lowest BCUT2D eigenvalue weighted by Gasteiger charge is -2.19. The third-order valence-corrected chi connectivity index (χ3v) is 6.09. The van der Waals surface area contributed by atoms with E-state index in [4.69, 9.17) is 0 Å². The molecule has 0 aliphatic heterocycles. The number of hydrogen-bond donors (Lipinski definition) is 2. The van der Waals surface area contributed by atoms with Crippen LogP contribution in [0, 0.1) is 0 Å². The summed E-state index contributed by atoms with van der Waals surface area (Å²) in [6.45, 7) is 7.40. The standard InChI is InChI=1S/C31H31F3N4/c1-22(2)8-6-16-35-17-7-11-27-14-12-25(20-36-27)30(24-13-15-29-26(18-24)21-37-38-29)28(19-31(32,33)34)23-9-4-3-5-10-23/h3-6,8-10,12-15,18,20-21,35H,1,7,11,16-17,19H2,2H3,(H,37,38)/b8-6+,30-28-. The molecule has 2 N–H and O–H groups in total. The summed E-state index contributed by atoms with van der Waals surface area (Å²) in [6.07, 6.45) is 3.61. The molecule has 0 aliphatic rings. The lowest BCUT2D eigenvalue weighted by Crippen LogP contribution is -2.15. The molecule has 0 unspecified atom stereocenters. The molecular formula is C31H31F3N4. The highest BCUT2D eigenvalue weighted by molar-refractivity contribution is 6.00. The van der Waals surface area contributed by atoms with E-state index in [1.165, 1.54) is 0 Å². The van der Waals surface area contributed by atoms with E-state index in [1.54, 1.807) is 42.7 Å². The monoisotopic (exact) mass is 516 g/mol. The van der Waals surface area contributed by atoms with Crippen molar-refractivity contribution in [2.24, 2.45) is 0 Å². The first-order valence-corrected chi connectivity index (χ1v) is 12.6. The Morgan fingerprint density at radius 3 is 2.50 bits per heavy atom. The van der Waals surface area contributed by atoms with E-state index < -0.39 is 12.6 Å². The number of fused-ring (bicyclic) bond motifs is 1. The molecule has 38 heavy (non-hydrogen) atoms. The van der Waals surface area contributed by atoms with E-state index in [1.807, 2.05) is 49.4 Å². The first-order valence-electron chi connectivity index (χ1n) is 12.6. The van der Waals surface area contributed by atoms with Gasteiger partial charge in [0.1, 0.15) is 0 Å². The second-order valence-electron chi connectivity index (χ2n) is 9.28. The van der Waals surface area contributed by atoms with Gasteiger partial charge in [-0.1, -0.05) is 66.8 Å². The van der Waals surface area contributed by atoms with Gasteiger partial charge >= 0.3 is 6.18 Å². The zero-order chi connectivity index (χ0) is 27.0. The van der Waals surface area contributed by atoms with Gasteiger partial charge in [-0.05, 0) is 66.8 Å². The number of pyridine rings is 1. The fraction of sp³-hybridized carbons (Fsp3) is 0.226. The van der Waals surface area contributed by atoms with Crippen LogP contribution >= 0.6 is 0 Å². The van der Waals surface area contributed by atoms with Gasteiger partial charge in [0, 0.05) is 29.4 Å². The summed E-state index contributed by atoms with van der Waals surface area (Å²) in [5, 5.41) is 11.1. The number of benzene rings is 2. The third-order valence-electron chi connectivity index (χ3n) is 6.09. The second kappa shape index (κ2) is 12.5. The molecule has 0 bridgehead atoms. The van der Waals surface area contributed by atoms with Crippen LogP contribution in [0.25, 0.3) is 22.0 Å². The molecule has 2 aromatic heterocycles. The van der Waals surface area contributed by atoms with Crippen molar-refractivity contribution in [3.8, 4) is 0 Å². The summed E-state index contributed by atoms with van der Waals surface area (Å²) in [6, 6.07) is 18.1. The average molecular weight is 517 g/mol. The van der Waals surface area contributed by atoms with Crippen LogP contribution in [0.5, 0.6) is 0 Å². The number of aromatic amines is 1. The van der Waals surface area contributed by atoms with Gasteiger partial charge in [-0.2, -0.15) is 18.3 Å². The molecule has 0 aliphatic carbocycles. The van der Waals surface area contributed by atoms with Gasteiger partial charge in [0.15, 0.2) is 0 Å². The summed E-state index contributed by atoms with van der Waals surface area (Å²) < 4.78 is 41.6. The topological polar surface area (TPSA) is 53.6 Å². The molecule has 0 amide bonds. The molecule has 2 heterocycles. The fourth-order valence-corrected chi connectivity index (χ4v) is 4.35. The minimum Gasteiger partial charge on any atom is -0.313 e. The number of hydrogen-bond acceptors (Lipinski definition) is 3. The molecule has 4 aromatic rings. The van der Waals surface area contributed by atoms with Crippen LogP contribution in [0.3, 0.4) is 0 Å². The molecule has 2 aromatic carbocycles. The highest BCUT2D eigenvalue weighted by Gasteiger charge is 2.31. The predicted molar refractivity (Wildman–Crippen MR) is 149 cm³/mol. The number of alkyl halides is 3. The third kappa shape index (κ3) is 7.52. The Balaban J connectivity index is 1.65. The molecular weight excluding hydrogens is 485 g/mol. The zero-order valence-corrected chi connectivity index (χ0v) is 21.4. The first-order chi connectivity index (χ1) is 18.3. The van der Waals surface area contributed by atoms with Crippen LogP contribution < -0.4 is 5.32 Å². The van der Waals surface area contributed by atoms with Crippen molar-refractivity contribution in [3.63, 3.8) is 0 Å². The van der Waals surface area contributed by atoms with E-state index in [2.05, 4.69) is 27.1 Å². The van der Waals surface area contributed by atoms with Crippen molar-refractivity contribution in [2.45, 2.75) is 32.4 Å². The number of allylic oxidation sites excluding steroid dienone is 3. The van der Waals surface area contributed by atoms with Crippen LogP contribution in [0.4, 0.5) is 13.2 Å². The highest BCUT2D eigenvalue weighted by Crippen LogP contribution is 2.39. The summed E-state index contributed by atoms with van der Waals surface area (Å²) >= 11 is 0. The number of halogens is 3. The van der Waals surface area contributed by atoms with Crippen molar-refractivity contribution in [2.75, 3.05) is 13.1 Å². The average Bonchev–Trinajstić information content (AvgIpc) is 3.36. The van der Waals surface area contributed by atoms with E-state index in [0.717, 1.165) is 48.1 Å². The van der Waals surface area contributed by atoms with Crippen LogP contribution in [-0.2, 0) is 6.42 Å². The van der Waals surface area contributed by atoms with Gasteiger partial charge in [-0.15, -0.1) is 0 Å². The van der Waals surface area contributed by atoms with E-state index >= 15 is 0 Å². The Morgan fingerprint density at radius 2 is 1.79 bits per heavy atom. The SMILES string of the molecule is C=C(C)/C=C/CNCCCc1ccc(/C(=C(/CC(F)(F)F)c2ccccc2)c2ccc3[nH]ncc3c2)cn1. The molecule has 0 fully saturated rings. The molecule has 4 rings (SSSR count). The number of H-pyrrole nitrogens is 1. The maximum absolute atomic E-state index is 13.9. The van der Waals surface area contributed by atoms with Gasteiger partial charge in [0.05, 0.1) is 18.1 Å². The van der Waals surface area contributed by atoms with Gasteiger partial charge in [0.25, 0.3) is 0 Å². The summed E-state index contributed by atoms with van der Waals surface area (Å²) in [5.74, 6) is 0. The number of nitrogens with zero attached hydrogens (tertiary/aromatic N) is 2. The Labute approximate surface area is 221 Å². The van der Waals surface area contributed by atoms with Crippen molar-refractivity contribution >= 4 is 22.0 Å². The van der Waals surface area contributed by atoms with Crippen LogP contribution in [0.2, 0.25) is 0 Å². The fourth-order valence-electron chi connectivity index (χ4n) is 4.35. The van der Waals surface area contributed by atoms with Crippen LogP contribution in [0.15, 0.2) is 97.4 Å². The van der Waals surface area contributed by atoms with Crippen LogP contribution in [0.1, 0.15) is 42.1 Å². The van der Waals surface area contributed by atoms with Gasteiger partial charge in [0.2, 0.25) is 0 Å². The van der Waals surface area contributed by atoms with E-state index in [9.17, 15) is 13.2 Å². The number of nitrogens with one attached hydrogen (secondary N) is 2. The lowest BCUT2D eigenvalue weighted by molar-refractivity contribution is -0.122. The number of aromatic nitrogens is 3. The minimum absolute atomic E-state index is 0.211. The number of aryl methyl sites for hydroxylation is 1. The maximum Gasteiger partial charge on any atom is 0.393 e. The Kier molecular flexibility index (Phi) is 8.92. The molecule has 0 atom stereocenters. The quantitative estimate of drug-likeness (QED) is 0.123. The Bertz CT molecular complexity index is 1420. The summed E-state index contributed by atoms with van der Waals surface area (Å²) in [4.78, 5) is 4.62. The van der Waals surface area contributed by atoms with Gasteiger partial charge in [-0.25, -0.2) is 0 Å². The number of rotatable bonds is 11. The van der Waals surface area contributed by atoms with Crippen molar-refractivity contribution in [3.05, 3.63) is 120 Å². The molecule has 0 radical (unpaired) electrons.